The second kappa shape index (κ2) is 9.34. The summed E-state index contributed by atoms with van der Waals surface area (Å²) >= 11 is 0. The van der Waals surface area contributed by atoms with Gasteiger partial charge >= 0.3 is 6.85 Å². The Balaban J connectivity index is 1.24. The van der Waals surface area contributed by atoms with Crippen LogP contribution in [-0.4, -0.2) is 38.0 Å². The molecule has 42 heavy (non-hydrogen) atoms. The van der Waals surface area contributed by atoms with Crippen LogP contribution in [0.15, 0.2) is 110 Å². The number of ether oxygens (including phenoxy) is 1. The molecule has 8 heteroatoms. The highest BCUT2D eigenvalue weighted by Gasteiger charge is 2.37. The Morgan fingerprint density at radius 3 is 2.43 bits per heavy atom. The summed E-state index contributed by atoms with van der Waals surface area (Å²) in [6.07, 6.45) is 5.53. The third-order valence-corrected chi connectivity index (χ3v) is 8.33. The summed E-state index contributed by atoms with van der Waals surface area (Å²) in [7, 11) is 2.12. The Bertz CT molecular complexity index is 2110. The van der Waals surface area contributed by atoms with E-state index >= 15 is 0 Å². The fourth-order valence-corrected chi connectivity index (χ4v) is 6.43. The van der Waals surface area contributed by atoms with Gasteiger partial charge in [0.1, 0.15) is 29.5 Å². The second-order valence-electron chi connectivity index (χ2n) is 10.8. The first-order chi connectivity index (χ1) is 20.6. The number of hydrogen-bond acceptors (Lipinski definition) is 5. The second-order valence-corrected chi connectivity index (χ2v) is 10.8. The van der Waals surface area contributed by atoms with Crippen LogP contribution in [-0.2, 0) is 0 Å². The van der Waals surface area contributed by atoms with Gasteiger partial charge in [-0.25, -0.2) is 9.97 Å². The summed E-state index contributed by atoms with van der Waals surface area (Å²) in [5, 5.41) is 2.32. The van der Waals surface area contributed by atoms with Gasteiger partial charge in [-0.2, -0.15) is 4.98 Å². The predicted octanol–water partition coefficient (Wildman–Crippen LogP) is 5.72. The van der Waals surface area contributed by atoms with E-state index in [1.54, 1.807) is 0 Å². The van der Waals surface area contributed by atoms with Gasteiger partial charge in [0.25, 0.3) is 0 Å². The molecule has 0 bridgehead atoms. The van der Waals surface area contributed by atoms with E-state index in [-0.39, 0.29) is 6.85 Å². The summed E-state index contributed by atoms with van der Waals surface area (Å²) in [5.41, 5.74) is 7.03. The Morgan fingerprint density at radius 2 is 1.60 bits per heavy atom. The first kappa shape index (κ1) is 24.4. The lowest BCUT2D eigenvalue weighted by Gasteiger charge is -2.35. The first-order valence-corrected chi connectivity index (χ1v) is 14.0. The molecule has 0 amide bonds. The molecule has 3 aromatic carbocycles. The number of pyridine rings is 2. The van der Waals surface area contributed by atoms with Crippen molar-refractivity contribution in [3.63, 3.8) is 0 Å². The zero-order valence-electron chi connectivity index (χ0n) is 23.6. The molecule has 8 rings (SSSR count). The third kappa shape index (κ3) is 3.65. The predicted molar refractivity (Wildman–Crippen MR) is 169 cm³/mol. The summed E-state index contributed by atoms with van der Waals surface area (Å²) in [4.78, 5) is 16.4. The number of aryl methyl sites for hydroxylation is 2. The van der Waals surface area contributed by atoms with Gasteiger partial charge in [0.05, 0.1) is 17.2 Å². The van der Waals surface area contributed by atoms with Crippen LogP contribution >= 0.6 is 0 Å². The zero-order chi connectivity index (χ0) is 28.4. The van der Waals surface area contributed by atoms with Crippen molar-refractivity contribution in [2.45, 2.75) is 13.8 Å². The molecule has 4 aromatic heterocycles. The number of para-hydroxylation sites is 1. The van der Waals surface area contributed by atoms with Crippen LogP contribution < -0.4 is 20.5 Å². The number of hydrogen-bond donors (Lipinski definition) is 0. The standard InChI is InChI=1S/C34H27BN6O/c1-22-9-8-10-23(2)33(22)35-27-16-17-31(38-34(27)40-21-36-20-32(40)39(35)3)42-24-14-15-26-25-11-4-5-12-28(25)41(29(26)19-24)30-13-6-7-18-37-30/h4-21H,1-3H3. The van der Waals surface area contributed by atoms with Crippen molar-refractivity contribution in [1.82, 2.24) is 24.1 Å². The fraction of sp³-hybridized carbons (Fsp3) is 0.0882. The molecular formula is C34H27BN6O. The van der Waals surface area contributed by atoms with Gasteiger partial charge in [-0.15, -0.1) is 0 Å². The van der Waals surface area contributed by atoms with Gasteiger partial charge in [0.2, 0.25) is 5.88 Å². The lowest BCUT2D eigenvalue weighted by molar-refractivity contribution is 0.463. The van der Waals surface area contributed by atoms with Gasteiger partial charge in [0.15, 0.2) is 0 Å². The minimum atomic E-state index is 0.0115. The molecule has 0 atom stereocenters. The van der Waals surface area contributed by atoms with Crippen LogP contribution in [0, 0.1) is 13.8 Å². The SMILES string of the molecule is Cc1cccc(C)c1B1c2ccc(Oc3ccc4c5ccccc5n(-c5ccccn5)c4c3)nc2-n2cncc2N1C. The minimum absolute atomic E-state index is 0.0115. The lowest BCUT2D eigenvalue weighted by atomic mass is 9.46. The highest BCUT2D eigenvalue weighted by molar-refractivity contribution is 6.89. The Labute approximate surface area is 243 Å². The molecule has 1 aliphatic rings. The van der Waals surface area contributed by atoms with Crippen LogP contribution in [0.4, 0.5) is 5.82 Å². The Kier molecular flexibility index (Phi) is 5.44. The molecule has 0 fully saturated rings. The van der Waals surface area contributed by atoms with E-state index in [0.29, 0.717) is 11.6 Å². The first-order valence-electron chi connectivity index (χ1n) is 14.0. The van der Waals surface area contributed by atoms with E-state index in [1.807, 2.05) is 53.6 Å². The van der Waals surface area contributed by atoms with Gasteiger partial charge in [-0.05, 0) is 62.2 Å². The number of anilines is 1. The van der Waals surface area contributed by atoms with E-state index in [4.69, 9.17) is 9.72 Å². The smallest absolute Gasteiger partial charge is 0.328 e. The molecule has 0 N–H and O–H groups in total. The molecule has 1 aliphatic heterocycles. The maximum Gasteiger partial charge on any atom is 0.328 e. The van der Waals surface area contributed by atoms with Gasteiger partial charge in [-0.3, -0.25) is 9.13 Å². The Hall–Kier alpha value is -5.37. The van der Waals surface area contributed by atoms with Gasteiger partial charge < -0.3 is 9.55 Å². The number of benzene rings is 3. The summed E-state index contributed by atoms with van der Waals surface area (Å²) < 4.78 is 10.7. The third-order valence-electron chi connectivity index (χ3n) is 8.33. The quantitative estimate of drug-likeness (QED) is 0.264. The molecule has 0 saturated carbocycles. The minimum Gasteiger partial charge on any atom is -0.439 e. The van der Waals surface area contributed by atoms with Crippen LogP contribution in [0.1, 0.15) is 11.1 Å². The maximum absolute atomic E-state index is 6.45. The number of aromatic nitrogens is 5. The number of fused-ring (bicyclic) bond motifs is 6. The molecule has 0 saturated heterocycles. The van der Waals surface area contributed by atoms with Crippen molar-refractivity contribution in [2.24, 2.45) is 0 Å². The fourth-order valence-electron chi connectivity index (χ4n) is 6.43. The number of imidazole rings is 1. The zero-order valence-corrected chi connectivity index (χ0v) is 23.6. The average molecular weight is 546 g/mol. The lowest BCUT2D eigenvalue weighted by Crippen LogP contribution is -2.60. The normalized spacial score (nSPS) is 12.5. The largest absolute Gasteiger partial charge is 0.439 e. The molecule has 0 aliphatic carbocycles. The highest BCUT2D eigenvalue weighted by atomic mass is 16.5. The monoisotopic (exact) mass is 546 g/mol. The average Bonchev–Trinajstić information content (AvgIpc) is 3.63. The molecule has 0 radical (unpaired) electrons. The highest BCUT2D eigenvalue weighted by Crippen LogP contribution is 2.35. The van der Waals surface area contributed by atoms with Crippen LogP contribution in [0.3, 0.4) is 0 Å². The van der Waals surface area contributed by atoms with Crippen LogP contribution in [0.2, 0.25) is 0 Å². The topological polar surface area (TPSA) is 61.0 Å². The molecule has 7 nitrogen and oxygen atoms in total. The van der Waals surface area contributed by atoms with Crippen molar-refractivity contribution in [1.29, 1.82) is 0 Å². The molecule has 0 unspecified atom stereocenters. The number of nitrogens with zero attached hydrogens (tertiary/aromatic N) is 6. The van der Waals surface area contributed by atoms with Gasteiger partial charge in [-0.1, -0.05) is 59.7 Å². The van der Waals surface area contributed by atoms with Crippen molar-refractivity contribution < 1.29 is 4.74 Å². The van der Waals surface area contributed by atoms with E-state index in [1.165, 1.54) is 22.0 Å². The van der Waals surface area contributed by atoms with E-state index in [2.05, 4.69) is 101 Å². The molecule has 0 spiro atoms. The van der Waals surface area contributed by atoms with E-state index in [0.717, 1.165) is 39.3 Å². The van der Waals surface area contributed by atoms with Crippen LogP contribution in [0.25, 0.3) is 33.4 Å². The van der Waals surface area contributed by atoms with E-state index in [9.17, 15) is 0 Å². The Morgan fingerprint density at radius 1 is 0.786 bits per heavy atom. The molecular weight excluding hydrogens is 519 g/mol. The molecule has 7 aromatic rings. The number of rotatable bonds is 4. The summed E-state index contributed by atoms with van der Waals surface area (Å²) in [6.45, 7) is 4.36. The van der Waals surface area contributed by atoms with Crippen molar-refractivity contribution in [3.05, 3.63) is 121 Å². The van der Waals surface area contributed by atoms with Crippen LogP contribution in [0.5, 0.6) is 11.6 Å². The van der Waals surface area contributed by atoms with Gasteiger partial charge in [0, 0.05) is 29.1 Å². The maximum atomic E-state index is 6.45. The van der Waals surface area contributed by atoms with Crippen molar-refractivity contribution >= 4 is 45.4 Å². The van der Waals surface area contributed by atoms with Crippen molar-refractivity contribution in [3.8, 4) is 23.3 Å². The summed E-state index contributed by atoms with van der Waals surface area (Å²) in [6, 6.07) is 31.1. The summed E-state index contributed by atoms with van der Waals surface area (Å²) in [5.74, 6) is 3.91. The van der Waals surface area contributed by atoms with E-state index < -0.39 is 0 Å². The molecule has 5 heterocycles. The van der Waals surface area contributed by atoms with Crippen molar-refractivity contribution in [2.75, 3.05) is 11.9 Å². The molecule has 202 valence electrons.